The van der Waals surface area contributed by atoms with Gasteiger partial charge in [-0.25, -0.2) is 8.78 Å². The topological polar surface area (TPSA) is 29.1 Å². The van der Waals surface area contributed by atoms with E-state index in [4.69, 9.17) is 0 Å². The summed E-state index contributed by atoms with van der Waals surface area (Å²) in [6, 6.07) is 3.73. The van der Waals surface area contributed by atoms with Crippen LogP contribution in [0.5, 0.6) is 0 Å². The maximum Gasteiger partial charge on any atom is 0.254 e. The predicted octanol–water partition coefficient (Wildman–Crippen LogP) is 3.37. The van der Waals surface area contributed by atoms with Gasteiger partial charge in [0.1, 0.15) is 0 Å². The van der Waals surface area contributed by atoms with Gasteiger partial charge in [-0.2, -0.15) is 11.8 Å². The van der Waals surface area contributed by atoms with E-state index >= 15 is 0 Å². The second-order valence-electron chi connectivity index (χ2n) is 4.78. The molecule has 1 aliphatic carbocycles. The third kappa shape index (κ3) is 3.47. The number of halogens is 2. The molecule has 104 valence electrons. The van der Waals surface area contributed by atoms with Crippen LogP contribution in [0, 0.1) is 11.6 Å². The molecule has 2 nitrogen and oxygen atoms in total. The Morgan fingerprint density at radius 2 is 1.95 bits per heavy atom. The van der Waals surface area contributed by atoms with Gasteiger partial charge in [0.15, 0.2) is 11.6 Å². The van der Waals surface area contributed by atoms with Gasteiger partial charge in [0.05, 0.1) is 5.56 Å². The van der Waals surface area contributed by atoms with Crippen molar-refractivity contribution >= 4 is 17.7 Å². The zero-order chi connectivity index (χ0) is 13.8. The number of hydrogen-bond acceptors (Lipinski definition) is 2. The molecule has 1 aromatic rings. The lowest BCUT2D eigenvalue weighted by molar-refractivity contribution is 0.0923. The van der Waals surface area contributed by atoms with Gasteiger partial charge in [-0.15, -0.1) is 0 Å². The maximum atomic E-state index is 13.5. The fourth-order valence-electron chi connectivity index (χ4n) is 2.39. The number of nitrogens with one attached hydrogen (secondary N) is 1. The molecule has 1 amide bonds. The highest BCUT2D eigenvalue weighted by molar-refractivity contribution is 7.99. The molecule has 19 heavy (non-hydrogen) atoms. The Kier molecular flexibility index (Phi) is 4.80. The van der Waals surface area contributed by atoms with Crippen LogP contribution >= 0.6 is 11.8 Å². The largest absolute Gasteiger partial charge is 0.349 e. The van der Waals surface area contributed by atoms with Crippen molar-refractivity contribution in [1.82, 2.24) is 5.32 Å². The van der Waals surface area contributed by atoms with Crippen LogP contribution in [0.15, 0.2) is 18.2 Å². The zero-order valence-electron chi connectivity index (χ0n) is 10.8. The summed E-state index contributed by atoms with van der Waals surface area (Å²) in [5, 5.41) is 3.44. The van der Waals surface area contributed by atoms with Gasteiger partial charge in [0, 0.05) is 11.3 Å². The Balaban J connectivity index is 1.96. The van der Waals surface area contributed by atoms with Crippen molar-refractivity contribution in [2.24, 2.45) is 0 Å². The van der Waals surface area contributed by atoms with Crippen molar-refractivity contribution < 1.29 is 13.6 Å². The monoisotopic (exact) mass is 285 g/mol. The molecule has 0 unspecified atom stereocenters. The van der Waals surface area contributed by atoms with Crippen molar-refractivity contribution in [3.8, 4) is 0 Å². The summed E-state index contributed by atoms with van der Waals surface area (Å²) in [4.78, 5) is 11.9. The molecule has 0 aromatic heterocycles. The summed E-state index contributed by atoms with van der Waals surface area (Å²) in [7, 11) is 0. The van der Waals surface area contributed by atoms with Crippen LogP contribution < -0.4 is 5.32 Å². The van der Waals surface area contributed by atoms with Gasteiger partial charge in [-0.05, 0) is 44.1 Å². The Morgan fingerprint density at radius 3 is 2.58 bits per heavy atom. The quantitative estimate of drug-likeness (QED) is 0.922. The molecule has 0 bridgehead atoms. The molecular formula is C14H17F2NOS. The summed E-state index contributed by atoms with van der Waals surface area (Å²) in [5.41, 5.74) is -0.216. The molecule has 0 aliphatic heterocycles. The van der Waals surface area contributed by atoms with Crippen LogP contribution in [0.1, 0.15) is 36.0 Å². The first-order chi connectivity index (χ1) is 9.11. The fraction of sp³-hybridized carbons (Fsp3) is 0.500. The average Bonchev–Trinajstić information content (AvgIpc) is 2.42. The number of carbonyl (C=O) groups is 1. The maximum absolute atomic E-state index is 13.5. The molecule has 1 saturated carbocycles. The molecule has 0 atom stereocenters. The lowest BCUT2D eigenvalue weighted by Gasteiger charge is -2.28. The van der Waals surface area contributed by atoms with E-state index in [1.807, 2.05) is 11.8 Å². The Bertz CT molecular complexity index is 459. The van der Waals surface area contributed by atoms with Crippen molar-refractivity contribution in [2.75, 3.05) is 6.26 Å². The molecule has 5 heteroatoms. The first kappa shape index (κ1) is 14.3. The second-order valence-corrected chi connectivity index (χ2v) is 5.92. The van der Waals surface area contributed by atoms with E-state index in [1.54, 1.807) is 0 Å². The zero-order valence-corrected chi connectivity index (χ0v) is 11.6. The summed E-state index contributed by atoms with van der Waals surface area (Å²) < 4.78 is 26.5. The van der Waals surface area contributed by atoms with E-state index in [1.165, 1.54) is 12.1 Å². The molecule has 0 saturated heterocycles. The molecule has 1 aliphatic rings. The predicted molar refractivity (Wildman–Crippen MR) is 73.4 cm³/mol. The average molecular weight is 285 g/mol. The van der Waals surface area contributed by atoms with E-state index in [0.29, 0.717) is 5.25 Å². The van der Waals surface area contributed by atoms with Crippen molar-refractivity contribution in [2.45, 2.75) is 37.0 Å². The van der Waals surface area contributed by atoms with E-state index in [-0.39, 0.29) is 11.6 Å². The van der Waals surface area contributed by atoms with Crippen LogP contribution in [0.2, 0.25) is 0 Å². The number of hydrogen-bond donors (Lipinski definition) is 1. The van der Waals surface area contributed by atoms with Gasteiger partial charge in [0.25, 0.3) is 5.91 Å². The van der Waals surface area contributed by atoms with Crippen LogP contribution in [-0.2, 0) is 0 Å². The van der Waals surface area contributed by atoms with Crippen LogP contribution in [0.4, 0.5) is 8.78 Å². The van der Waals surface area contributed by atoms with Crippen molar-refractivity contribution in [1.29, 1.82) is 0 Å². The summed E-state index contributed by atoms with van der Waals surface area (Å²) in [5.74, 6) is -2.58. The molecule has 0 spiro atoms. The first-order valence-electron chi connectivity index (χ1n) is 6.39. The normalized spacial score (nSPS) is 23.1. The third-order valence-corrected chi connectivity index (χ3v) is 4.68. The highest BCUT2D eigenvalue weighted by atomic mass is 32.2. The minimum absolute atomic E-state index is 0.0681. The number of benzene rings is 1. The molecule has 2 rings (SSSR count). The lowest BCUT2D eigenvalue weighted by Crippen LogP contribution is -2.38. The third-order valence-electron chi connectivity index (χ3n) is 3.54. The molecule has 1 aromatic carbocycles. The number of carbonyl (C=O) groups excluding carboxylic acids is 1. The standard InChI is InChI=1S/C14H17F2NOS/c1-19-10-7-5-9(6-8-10)17-14(18)11-3-2-4-12(15)13(11)16/h2-4,9-10H,5-8H2,1H3,(H,17,18). The Labute approximate surface area is 116 Å². The van der Waals surface area contributed by atoms with Crippen LogP contribution in [0.25, 0.3) is 0 Å². The van der Waals surface area contributed by atoms with Crippen LogP contribution in [-0.4, -0.2) is 23.5 Å². The lowest BCUT2D eigenvalue weighted by atomic mass is 9.94. The SMILES string of the molecule is CSC1CCC(NC(=O)c2cccc(F)c2F)CC1. The number of thioether (sulfide) groups is 1. The minimum atomic E-state index is -1.07. The van der Waals surface area contributed by atoms with Gasteiger partial charge in [0.2, 0.25) is 0 Å². The molecule has 1 fully saturated rings. The van der Waals surface area contributed by atoms with E-state index in [9.17, 15) is 13.6 Å². The summed E-state index contributed by atoms with van der Waals surface area (Å²) >= 11 is 1.85. The second kappa shape index (κ2) is 6.37. The van der Waals surface area contributed by atoms with E-state index < -0.39 is 17.5 Å². The molecule has 0 radical (unpaired) electrons. The van der Waals surface area contributed by atoms with E-state index in [2.05, 4.69) is 11.6 Å². The smallest absolute Gasteiger partial charge is 0.254 e. The van der Waals surface area contributed by atoms with Crippen molar-refractivity contribution in [3.63, 3.8) is 0 Å². The van der Waals surface area contributed by atoms with Crippen LogP contribution in [0.3, 0.4) is 0 Å². The summed E-state index contributed by atoms with van der Waals surface area (Å²) in [6.07, 6.45) is 5.99. The number of amides is 1. The van der Waals surface area contributed by atoms with Gasteiger partial charge >= 0.3 is 0 Å². The van der Waals surface area contributed by atoms with Gasteiger partial charge in [-0.1, -0.05) is 6.07 Å². The van der Waals surface area contributed by atoms with Gasteiger partial charge in [-0.3, -0.25) is 4.79 Å². The Morgan fingerprint density at radius 1 is 1.26 bits per heavy atom. The Hall–Kier alpha value is -1.10. The molecular weight excluding hydrogens is 268 g/mol. The highest BCUT2D eigenvalue weighted by Crippen LogP contribution is 2.27. The van der Waals surface area contributed by atoms with E-state index in [0.717, 1.165) is 31.7 Å². The molecule has 0 heterocycles. The van der Waals surface area contributed by atoms with Crippen molar-refractivity contribution in [3.05, 3.63) is 35.4 Å². The highest BCUT2D eigenvalue weighted by Gasteiger charge is 2.23. The van der Waals surface area contributed by atoms with Gasteiger partial charge < -0.3 is 5.32 Å². The minimum Gasteiger partial charge on any atom is -0.349 e. The molecule has 1 N–H and O–H groups in total. The number of rotatable bonds is 3. The fourth-order valence-corrected chi connectivity index (χ4v) is 3.13. The first-order valence-corrected chi connectivity index (χ1v) is 7.68. The summed E-state index contributed by atoms with van der Waals surface area (Å²) in [6.45, 7) is 0.